The predicted octanol–water partition coefficient (Wildman–Crippen LogP) is 3.45. The maximum atomic E-state index is 3.61. The monoisotopic (exact) mass is 209 g/mol. The van der Waals surface area contributed by atoms with Crippen LogP contribution in [0.1, 0.15) is 52.4 Å². The van der Waals surface area contributed by atoms with E-state index < -0.39 is 0 Å². The van der Waals surface area contributed by atoms with E-state index in [0.29, 0.717) is 0 Å². The number of rotatable bonds is 2. The zero-order valence-electron chi connectivity index (χ0n) is 10.5. The van der Waals surface area contributed by atoms with Crippen molar-refractivity contribution in [3.8, 4) is 0 Å². The first-order chi connectivity index (χ1) is 7.29. The van der Waals surface area contributed by atoms with Gasteiger partial charge < -0.3 is 5.32 Å². The summed E-state index contributed by atoms with van der Waals surface area (Å²) in [5, 5.41) is 3.61. The van der Waals surface area contributed by atoms with Crippen LogP contribution < -0.4 is 5.32 Å². The molecule has 1 saturated carbocycles. The molecule has 1 aliphatic carbocycles. The van der Waals surface area contributed by atoms with Crippen LogP contribution >= 0.6 is 0 Å². The van der Waals surface area contributed by atoms with Crippen LogP contribution in [0.3, 0.4) is 0 Å². The van der Waals surface area contributed by atoms with E-state index in [1.54, 1.807) is 0 Å². The normalized spacial score (nSPS) is 42.8. The molecular formula is C14H27N. The summed E-state index contributed by atoms with van der Waals surface area (Å²) >= 11 is 0. The van der Waals surface area contributed by atoms with Crippen LogP contribution in [0, 0.1) is 23.7 Å². The SMILES string of the molecule is CCC1CCCC(C2CNCC(C)C2)C1. The van der Waals surface area contributed by atoms with Crippen LogP contribution in [0.25, 0.3) is 0 Å². The lowest BCUT2D eigenvalue weighted by Crippen LogP contribution is -2.39. The van der Waals surface area contributed by atoms with Crippen molar-refractivity contribution in [2.75, 3.05) is 13.1 Å². The average molecular weight is 209 g/mol. The lowest BCUT2D eigenvalue weighted by atomic mass is 9.71. The highest BCUT2D eigenvalue weighted by Gasteiger charge is 2.30. The quantitative estimate of drug-likeness (QED) is 0.734. The molecule has 88 valence electrons. The van der Waals surface area contributed by atoms with Crippen LogP contribution in [0.5, 0.6) is 0 Å². The molecule has 1 aliphatic heterocycles. The second kappa shape index (κ2) is 5.34. The van der Waals surface area contributed by atoms with Crippen LogP contribution in [0.15, 0.2) is 0 Å². The molecule has 4 atom stereocenters. The van der Waals surface area contributed by atoms with Gasteiger partial charge in [0, 0.05) is 0 Å². The summed E-state index contributed by atoms with van der Waals surface area (Å²) in [5.41, 5.74) is 0. The molecular weight excluding hydrogens is 182 g/mol. The van der Waals surface area contributed by atoms with Crippen molar-refractivity contribution >= 4 is 0 Å². The molecule has 1 saturated heterocycles. The number of nitrogens with one attached hydrogen (secondary N) is 1. The van der Waals surface area contributed by atoms with Crippen molar-refractivity contribution in [2.24, 2.45) is 23.7 Å². The van der Waals surface area contributed by atoms with Crippen LogP contribution in [-0.2, 0) is 0 Å². The molecule has 2 rings (SSSR count). The van der Waals surface area contributed by atoms with E-state index in [1.807, 2.05) is 0 Å². The molecule has 2 fully saturated rings. The molecule has 0 aromatic rings. The summed E-state index contributed by atoms with van der Waals surface area (Å²) in [5.74, 6) is 3.98. The number of hydrogen-bond donors (Lipinski definition) is 1. The molecule has 15 heavy (non-hydrogen) atoms. The fourth-order valence-electron chi connectivity index (χ4n) is 3.69. The molecule has 1 nitrogen and oxygen atoms in total. The van der Waals surface area contributed by atoms with Gasteiger partial charge in [-0.05, 0) is 49.6 Å². The molecule has 0 spiro atoms. The largest absolute Gasteiger partial charge is 0.316 e. The summed E-state index contributed by atoms with van der Waals surface area (Å²) in [4.78, 5) is 0. The molecule has 2 aliphatic rings. The standard InChI is InChI=1S/C14H27N/c1-3-12-5-4-6-13(8-12)14-7-11(2)9-15-10-14/h11-15H,3-10H2,1-2H3. The highest BCUT2D eigenvalue weighted by Crippen LogP contribution is 2.38. The fourth-order valence-corrected chi connectivity index (χ4v) is 3.69. The summed E-state index contributed by atoms with van der Waals surface area (Å²) < 4.78 is 0. The van der Waals surface area contributed by atoms with E-state index in [-0.39, 0.29) is 0 Å². The Hall–Kier alpha value is -0.0400. The minimum atomic E-state index is 0.908. The average Bonchev–Trinajstić information content (AvgIpc) is 2.29. The second-order valence-electron chi connectivity index (χ2n) is 5.96. The summed E-state index contributed by atoms with van der Waals surface area (Å²) in [7, 11) is 0. The molecule has 0 bridgehead atoms. The van der Waals surface area contributed by atoms with Gasteiger partial charge in [0.15, 0.2) is 0 Å². The summed E-state index contributed by atoms with van der Waals surface area (Å²) in [6, 6.07) is 0. The van der Waals surface area contributed by atoms with Crippen LogP contribution in [0.2, 0.25) is 0 Å². The van der Waals surface area contributed by atoms with Gasteiger partial charge in [-0.15, -0.1) is 0 Å². The van der Waals surface area contributed by atoms with Gasteiger partial charge in [0.2, 0.25) is 0 Å². The van der Waals surface area contributed by atoms with Crippen molar-refractivity contribution in [1.29, 1.82) is 0 Å². The minimum Gasteiger partial charge on any atom is -0.316 e. The van der Waals surface area contributed by atoms with Gasteiger partial charge in [-0.25, -0.2) is 0 Å². The Morgan fingerprint density at radius 2 is 1.93 bits per heavy atom. The predicted molar refractivity (Wildman–Crippen MR) is 65.9 cm³/mol. The lowest BCUT2D eigenvalue weighted by Gasteiger charge is -2.38. The highest BCUT2D eigenvalue weighted by molar-refractivity contribution is 4.83. The van der Waals surface area contributed by atoms with Crippen LogP contribution in [0.4, 0.5) is 0 Å². The Balaban J connectivity index is 1.86. The molecule has 1 heterocycles. The van der Waals surface area contributed by atoms with Gasteiger partial charge in [0.05, 0.1) is 0 Å². The number of hydrogen-bond acceptors (Lipinski definition) is 1. The molecule has 0 aromatic carbocycles. The van der Waals surface area contributed by atoms with Crippen molar-refractivity contribution in [3.63, 3.8) is 0 Å². The zero-order chi connectivity index (χ0) is 10.7. The highest BCUT2D eigenvalue weighted by atomic mass is 14.9. The van der Waals surface area contributed by atoms with E-state index in [4.69, 9.17) is 0 Å². The van der Waals surface area contributed by atoms with Gasteiger partial charge in [0.25, 0.3) is 0 Å². The van der Waals surface area contributed by atoms with Gasteiger partial charge in [-0.3, -0.25) is 0 Å². The molecule has 1 N–H and O–H groups in total. The molecule has 1 heteroatoms. The smallest absolute Gasteiger partial charge is 0.00176 e. The third-order valence-corrected chi connectivity index (χ3v) is 4.67. The molecule has 0 amide bonds. The minimum absolute atomic E-state index is 0.908. The van der Waals surface area contributed by atoms with Gasteiger partial charge in [0.1, 0.15) is 0 Å². The third-order valence-electron chi connectivity index (χ3n) is 4.67. The Morgan fingerprint density at radius 3 is 2.67 bits per heavy atom. The van der Waals surface area contributed by atoms with E-state index >= 15 is 0 Å². The van der Waals surface area contributed by atoms with Gasteiger partial charge in [-0.2, -0.15) is 0 Å². The van der Waals surface area contributed by atoms with E-state index in [1.165, 1.54) is 51.6 Å². The number of piperidine rings is 1. The maximum absolute atomic E-state index is 3.61. The Labute approximate surface area is 95.0 Å². The fraction of sp³-hybridized carbons (Fsp3) is 1.00. The summed E-state index contributed by atoms with van der Waals surface area (Å²) in [6.07, 6.45) is 8.92. The van der Waals surface area contributed by atoms with Crippen LogP contribution in [-0.4, -0.2) is 13.1 Å². The molecule has 0 aromatic heterocycles. The topological polar surface area (TPSA) is 12.0 Å². The maximum Gasteiger partial charge on any atom is -0.00176 e. The first kappa shape index (κ1) is 11.4. The van der Waals surface area contributed by atoms with Crippen molar-refractivity contribution in [2.45, 2.75) is 52.4 Å². The zero-order valence-corrected chi connectivity index (χ0v) is 10.5. The third kappa shape index (κ3) is 2.96. The van der Waals surface area contributed by atoms with E-state index in [9.17, 15) is 0 Å². The molecule has 4 unspecified atom stereocenters. The van der Waals surface area contributed by atoms with Crippen molar-refractivity contribution in [3.05, 3.63) is 0 Å². The first-order valence-corrected chi connectivity index (χ1v) is 7.00. The van der Waals surface area contributed by atoms with E-state index in [0.717, 1.165) is 23.7 Å². The first-order valence-electron chi connectivity index (χ1n) is 7.00. The lowest BCUT2D eigenvalue weighted by molar-refractivity contribution is 0.147. The summed E-state index contributed by atoms with van der Waals surface area (Å²) in [6.45, 7) is 7.32. The second-order valence-corrected chi connectivity index (χ2v) is 5.96. The van der Waals surface area contributed by atoms with Crippen molar-refractivity contribution < 1.29 is 0 Å². The Bertz CT molecular complexity index is 190. The van der Waals surface area contributed by atoms with Crippen molar-refractivity contribution in [1.82, 2.24) is 5.32 Å². The van der Waals surface area contributed by atoms with E-state index in [2.05, 4.69) is 19.2 Å². The van der Waals surface area contributed by atoms with Gasteiger partial charge >= 0.3 is 0 Å². The Morgan fingerprint density at radius 1 is 1.07 bits per heavy atom. The van der Waals surface area contributed by atoms with Gasteiger partial charge in [-0.1, -0.05) is 39.5 Å². The Kier molecular flexibility index (Phi) is 4.07. The molecule has 0 radical (unpaired) electrons.